The summed E-state index contributed by atoms with van der Waals surface area (Å²) in [5.74, 6) is -0.508. The maximum atomic E-state index is 12.2. The number of rotatable bonds is 13. The molecule has 3 aromatic heterocycles. The average molecular weight is 1530 g/mol. The van der Waals surface area contributed by atoms with Crippen molar-refractivity contribution in [3.63, 3.8) is 0 Å². The highest BCUT2D eigenvalue weighted by Crippen LogP contribution is 2.39. The summed E-state index contributed by atoms with van der Waals surface area (Å²) in [6.45, 7) is 13.4. The number of aromatic nitrogens is 3. The number of pyridine rings is 3. The summed E-state index contributed by atoms with van der Waals surface area (Å²) in [5, 5.41) is 81.3. The number of carbonyl (C=O) groups is 2. The Bertz CT molecular complexity index is 3640. The van der Waals surface area contributed by atoms with Crippen molar-refractivity contribution in [1.82, 2.24) is 55.0 Å². The van der Waals surface area contributed by atoms with E-state index < -0.39 is 43.7 Å². The molecule has 0 radical (unpaired) electrons. The van der Waals surface area contributed by atoms with Gasteiger partial charge in [0.05, 0.1) is 45.6 Å². The Morgan fingerprint density at radius 1 is 0.464 bits per heavy atom. The number of likely N-dealkylation sites (tertiary alicyclic amines) is 6. The molecule has 5 atom stereocenters. The third-order valence-corrected chi connectivity index (χ3v) is 24.5. The number of halogens is 1. The van der Waals surface area contributed by atoms with Crippen LogP contribution in [0.15, 0.2) is 116 Å². The molecule has 10 aliphatic rings. The molecule has 10 saturated heterocycles. The van der Waals surface area contributed by atoms with Crippen LogP contribution in [0.5, 0.6) is 0 Å². The molecule has 29 nitrogen and oxygen atoms in total. The molecule has 0 aliphatic carbocycles. The summed E-state index contributed by atoms with van der Waals surface area (Å²) >= 11 is 0. The average Bonchev–Trinajstić information content (AvgIpc) is 1.63. The number of likely N-dealkylation sites (N-methyl/N-ethyl adjacent to an activating group) is 4. The number of nitrogen functional groups attached to an aromatic ring is 1. The van der Waals surface area contributed by atoms with Crippen LogP contribution in [0.2, 0.25) is 0 Å². The largest absolute Gasteiger partial charge is 0.445 e. The summed E-state index contributed by atoms with van der Waals surface area (Å²) in [6.07, 6.45) is 22.3. The van der Waals surface area contributed by atoms with Gasteiger partial charge >= 0.3 is 23.8 Å². The zero-order valence-electron chi connectivity index (χ0n) is 64.8. The van der Waals surface area contributed by atoms with Gasteiger partial charge in [-0.3, -0.25) is 0 Å². The van der Waals surface area contributed by atoms with Gasteiger partial charge in [0.2, 0.25) is 0 Å². The fourth-order valence-electron chi connectivity index (χ4n) is 17.9. The van der Waals surface area contributed by atoms with Crippen LogP contribution >= 0.6 is 0 Å². The van der Waals surface area contributed by atoms with E-state index in [1.165, 1.54) is 25.3 Å². The normalized spacial score (nSPS) is 24.9. The number of nitrogens with one attached hydrogen (secondary N) is 2. The molecule has 5 aromatic rings. The molecule has 30 heteroatoms. The molecule has 5 unspecified atom stereocenters. The molecule has 10 aliphatic heterocycles. The standard InChI is InChI=1S/C18H26N2O3.C17H24N2O3.C15H22N4O3.C15H24N4O.C10H20N2O.C5H3FN2O2/c1-19-11-5-8-16(19)18(22)9-12-20(13-10-18)17(21)23-14-15-6-3-2-4-7-15;20-16(22-13-14-5-2-1-3-6-14)19-11-8-17(21,9-12-19)15-7-4-10-18-15;1-17-8-2-3-13(17)15(20)6-9-18(10-7-15)12-4-5-14(16-11-12)19(21)22;1-18-8-2-3-13(18)15(20)6-9-19(10-7-15)12-4-5-14(16)17-11-12;1-12-8-2-3-9(12)10(13)4-6-11-7-5-10;6-4-1-2-5(7-3-4)8(9)10/h2-4,6-7,16,22H,5,8-14H2,1H3;1-3,5-6,15,18,21H,4,7-13H2;4-5,11,13,20H,2-3,6-10H2,1H3;4-5,11,13,20H,2-3,6-10H2,1H3,(H2,16,17);9,11,13H,2-8H2,1H3;1-3H. The number of piperidine rings is 5. The van der Waals surface area contributed by atoms with Crippen LogP contribution in [0.3, 0.4) is 0 Å². The second-order valence-electron chi connectivity index (χ2n) is 31.7. The Hall–Kier alpha value is -7.88. The number of amides is 2. The van der Waals surface area contributed by atoms with E-state index in [-0.39, 0.29) is 41.9 Å². The highest BCUT2D eigenvalue weighted by Gasteiger charge is 2.48. The van der Waals surface area contributed by atoms with Crippen molar-refractivity contribution in [2.24, 2.45) is 0 Å². The van der Waals surface area contributed by atoms with E-state index in [0.29, 0.717) is 83.0 Å². The summed E-state index contributed by atoms with van der Waals surface area (Å²) in [6, 6.07) is 29.8. The Kier molecular flexibility index (Phi) is 30.4. The van der Waals surface area contributed by atoms with Crippen LogP contribution in [0.4, 0.5) is 42.8 Å². The van der Waals surface area contributed by atoms with E-state index in [4.69, 9.17) is 15.2 Å². The molecule has 2 amide bonds. The topological polar surface area (TPSA) is 355 Å². The number of hydrogen-bond donors (Lipinski definition) is 8. The van der Waals surface area contributed by atoms with Gasteiger partial charge in [0, 0.05) is 94.7 Å². The third-order valence-electron chi connectivity index (χ3n) is 24.5. The first-order valence-corrected chi connectivity index (χ1v) is 39.6. The Morgan fingerprint density at radius 2 is 0.827 bits per heavy atom. The van der Waals surface area contributed by atoms with Crippen LogP contribution in [0.25, 0.3) is 0 Å². The zero-order valence-corrected chi connectivity index (χ0v) is 64.8. The van der Waals surface area contributed by atoms with E-state index in [0.717, 1.165) is 196 Å². The molecular weight excluding hydrogens is 1410 g/mol. The van der Waals surface area contributed by atoms with Gasteiger partial charge in [0.25, 0.3) is 0 Å². The molecular formula is C80H119FN16O13. The summed E-state index contributed by atoms with van der Waals surface area (Å²) in [7, 11) is 8.43. The van der Waals surface area contributed by atoms with Crippen LogP contribution in [-0.4, -0.2) is 276 Å². The Morgan fingerprint density at radius 3 is 1.15 bits per heavy atom. The van der Waals surface area contributed by atoms with Gasteiger partial charge < -0.3 is 111 Å². The molecule has 0 saturated carbocycles. The molecule has 10 fully saturated rings. The number of nitrogens with two attached hydrogens (primary N) is 1. The van der Waals surface area contributed by atoms with Crippen molar-refractivity contribution in [3.8, 4) is 0 Å². The van der Waals surface area contributed by atoms with Crippen molar-refractivity contribution >= 4 is 41.0 Å². The molecule has 0 spiro atoms. The number of hydrogen-bond acceptors (Lipinski definition) is 25. The molecule has 110 heavy (non-hydrogen) atoms. The maximum Gasteiger partial charge on any atom is 0.410 e. The van der Waals surface area contributed by atoms with Gasteiger partial charge in [0.15, 0.2) is 18.2 Å². The highest BCUT2D eigenvalue weighted by molar-refractivity contribution is 5.68. The number of ether oxygens (including phenoxy) is 2. The Balaban J connectivity index is 0.000000143. The number of carbonyl (C=O) groups excluding carboxylic acids is 2. The smallest absolute Gasteiger partial charge is 0.410 e. The number of aliphatic hydroxyl groups is 5. The van der Waals surface area contributed by atoms with Crippen molar-refractivity contribution in [3.05, 3.63) is 153 Å². The number of anilines is 3. The first-order valence-electron chi connectivity index (χ1n) is 39.6. The van der Waals surface area contributed by atoms with Crippen LogP contribution < -0.4 is 26.2 Å². The molecule has 604 valence electrons. The van der Waals surface area contributed by atoms with E-state index in [9.17, 15) is 59.7 Å². The van der Waals surface area contributed by atoms with Gasteiger partial charge in [-0.1, -0.05) is 60.7 Å². The highest BCUT2D eigenvalue weighted by atomic mass is 19.1. The van der Waals surface area contributed by atoms with Crippen molar-refractivity contribution in [1.29, 1.82) is 0 Å². The molecule has 13 heterocycles. The third kappa shape index (κ3) is 22.9. The lowest BCUT2D eigenvalue weighted by Crippen LogP contribution is -2.55. The summed E-state index contributed by atoms with van der Waals surface area (Å²) in [4.78, 5) is 71.9. The monoisotopic (exact) mass is 1530 g/mol. The van der Waals surface area contributed by atoms with Gasteiger partial charge in [-0.15, -0.1) is 0 Å². The SMILES string of the molecule is CN1CCCC1C1(O)CCN(C(=O)OCc2ccccc2)CC1.CN1CCCC1C1(O)CCN(c2ccc(N)nc2)CC1.CN1CCCC1C1(O)CCN(c2ccc([N+](=O)[O-])nc2)CC1.CN1CCCC1C1(O)CCNCC1.O=C(OCc1ccccc1)N1CCC(O)(C2CCCN2)CC1.O=[N+]([O-])c1ccc(F)cn1. The second kappa shape index (κ2) is 39.5. The minimum absolute atomic E-state index is 0.134. The molecule has 0 bridgehead atoms. The quantitative estimate of drug-likeness (QED) is 0.0409. The van der Waals surface area contributed by atoms with Gasteiger partial charge in [-0.05, 0) is 258 Å². The summed E-state index contributed by atoms with van der Waals surface area (Å²) < 4.78 is 22.8. The lowest BCUT2D eigenvalue weighted by atomic mass is 9.83. The molecule has 2 aromatic carbocycles. The number of benzene rings is 2. The van der Waals surface area contributed by atoms with Crippen LogP contribution in [-0.2, 0) is 22.7 Å². The first kappa shape index (κ1) is 84.6. The first-order chi connectivity index (χ1) is 52.8. The van der Waals surface area contributed by atoms with Crippen molar-refractivity contribution in [2.45, 2.75) is 200 Å². The minimum atomic E-state index is -0.681. The lowest BCUT2D eigenvalue weighted by Gasteiger charge is -2.44. The fraction of sp³-hybridized carbons (Fsp3) is 0.637. The second-order valence-corrected chi connectivity index (χ2v) is 31.7. The zero-order chi connectivity index (χ0) is 78.5. The van der Waals surface area contributed by atoms with Gasteiger partial charge in [-0.25, -0.2) is 19.0 Å². The van der Waals surface area contributed by atoms with Gasteiger partial charge in [0.1, 0.15) is 19.0 Å². The molecule has 15 rings (SSSR count). The van der Waals surface area contributed by atoms with Gasteiger partial charge in [-0.2, -0.15) is 0 Å². The Labute approximate surface area is 646 Å². The predicted octanol–water partition coefficient (Wildman–Crippen LogP) is 7.98. The number of nitro groups is 2. The van der Waals surface area contributed by atoms with E-state index in [2.05, 4.69) is 83.2 Å². The van der Waals surface area contributed by atoms with Crippen molar-refractivity contribution in [2.75, 3.05) is 142 Å². The summed E-state index contributed by atoms with van der Waals surface area (Å²) in [5.41, 5.74) is 6.69. The van der Waals surface area contributed by atoms with E-state index in [1.807, 2.05) is 79.0 Å². The maximum absolute atomic E-state index is 12.2. The number of nitrogens with zero attached hydrogens (tertiary/aromatic N) is 13. The lowest BCUT2D eigenvalue weighted by molar-refractivity contribution is -0.389. The van der Waals surface area contributed by atoms with Crippen LogP contribution in [0.1, 0.15) is 140 Å². The molecule has 9 N–H and O–H groups in total. The van der Waals surface area contributed by atoms with E-state index >= 15 is 0 Å². The van der Waals surface area contributed by atoms with Crippen LogP contribution in [0, 0.1) is 26.0 Å². The minimum Gasteiger partial charge on any atom is -0.445 e. The fourth-order valence-corrected chi connectivity index (χ4v) is 17.9. The predicted molar refractivity (Wildman–Crippen MR) is 419 cm³/mol. The van der Waals surface area contributed by atoms with Crippen molar-refractivity contribution < 1.29 is 58.8 Å². The van der Waals surface area contributed by atoms with E-state index in [1.54, 1.807) is 22.1 Å².